The van der Waals surface area contributed by atoms with Crippen LogP contribution in [-0.4, -0.2) is 43.2 Å². The number of amides is 1. The summed E-state index contributed by atoms with van der Waals surface area (Å²) in [5.74, 6) is -2.31. The van der Waals surface area contributed by atoms with Crippen molar-refractivity contribution in [1.82, 2.24) is 5.32 Å². The Hall–Kier alpha value is -1.68. The number of sulfonamides is 1. The Kier molecular flexibility index (Phi) is 5.06. The lowest BCUT2D eigenvalue weighted by molar-refractivity contribution is -0.140. The van der Waals surface area contributed by atoms with E-state index >= 15 is 0 Å². The Bertz CT molecular complexity index is 645. The largest absolute Gasteiger partial charge is 0.480 e. The lowest BCUT2D eigenvalue weighted by atomic mass is 10.2. The van der Waals surface area contributed by atoms with Gasteiger partial charge in [0.25, 0.3) is 5.91 Å². The maximum Gasteiger partial charge on any atom is 0.328 e. The number of aliphatic hydroxyl groups is 1. The lowest BCUT2D eigenvalue weighted by Crippen LogP contribution is -2.43. The van der Waals surface area contributed by atoms with Crippen molar-refractivity contribution in [2.75, 3.05) is 6.61 Å². The van der Waals surface area contributed by atoms with Gasteiger partial charge in [-0.15, -0.1) is 0 Å². The average Bonchev–Trinajstić information content (AvgIpc) is 2.34. The predicted molar refractivity (Wildman–Crippen MR) is 68.8 cm³/mol. The van der Waals surface area contributed by atoms with Crippen molar-refractivity contribution in [2.24, 2.45) is 5.14 Å². The Balaban J connectivity index is 3.09. The molecule has 1 aromatic carbocycles. The minimum atomic E-state index is -4.12. The molecule has 10 heteroatoms. The summed E-state index contributed by atoms with van der Waals surface area (Å²) in [5.41, 5.74) is -0.155. The first kappa shape index (κ1) is 16.4. The summed E-state index contributed by atoms with van der Waals surface area (Å²) in [6, 6.07) is 1.76. The zero-order valence-electron chi connectivity index (χ0n) is 9.91. The van der Waals surface area contributed by atoms with E-state index in [4.69, 9.17) is 27.0 Å². The van der Waals surface area contributed by atoms with Gasteiger partial charge in [0.15, 0.2) is 6.04 Å². The zero-order chi connectivity index (χ0) is 15.5. The quantitative estimate of drug-likeness (QED) is 0.556. The summed E-state index contributed by atoms with van der Waals surface area (Å²) in [6.45, 7) is -0.809. The number of benzene rings is 1. The van der Waals surface area contributed by atoms with Crippen LogP contribution in [0.5, 0.6) is 0 Å². The third kappa shape index (κ3) is 3.90. The number of carboxylic acids is 1. The van der Waals surface area contributed by atoms with Crippen LogP contribution in [0.4, 0.5) is 0 Å². The summed E-state index contributed by atoms with van der Waals surface area (Å²) in [4.78, 5) is 22.0. The van der Waals surface area contributed by atoms with Gasteiger partial charge in [0.05, 0.1) is 11.6 Å². The molecule has 1 atom stereocenters. The number of primary sulfonamides is 1. The van der Waals surface area contributed by atoms with Crippen LogP contribution in [0.2, 0.25) is 5.02 Å². The maximum atomic E-state index is 11.7. The van der Waals surface area contributed by atoms with Crippen molar-refractivity contribution in [3.63, 3.8) is 0 Å². The van der Waals surface area contributed by atoms with E-state index in [9.17, 15) is 18.0 Å². The molecule has 20 heavy (non-hydrogen) atoms. The number of carbonyl (C=O) groups excluding carboxylic acids is 1. The molecule has 0 bridgehead atoms. The second-order valence-electron chi connectivity index (χ2n) is 3.74. The normalized spacial score (nSPS) is 12.8. The minimum absolute atomic E-state index is 0.155. The van der Waals surface area contributed by atoms with Crippen molar-refractivity contribution >= 4 is 33.5 Å². The Labute approximate surface area is 119 Å². The molecular weight excluding hydrogens is 312 g/mol. The third-order valence-corrected chi connectivity index (χ3v) is 3.68. The molecule has 0 radical (unpaired) electrons. The van der Waals surface area contributed by atoms with Crippen LogP contribution in [0.3, 0.4) is 0 Å². The van der Waals surface area contributed by atoms with E-state index in [-0.39, 0.29) is 10.6 Å². The highest BCUT2D eigenvalue weighted by Crippen LogP contribution is 2.21. The van der Waals surface area contributed by atoms with E-state index in [0.717, 1.165) is 12.1 Å². The number of hydrogen-bond acceptors (Lipinski definition) is 5. The molecule has 0 saturated carbocycles. The molecule has 0 aliphatic rings. The molecule has 0 fully saturated rings. The van der Waals surface area contributed by atoms with Crippen molar-refractivity contribution in [3.8, 4) is 0 Å². The summed E-state index contributed by atoms with van der Waals surface area (Å²) < 4.78 is 22.5. The molecule has 110 valence electrons. The molecule has 8 nitrogen and oxygen atoms in total. The van der Waals surface area contributed by atoms with Gasteiger partial charge < -0.3 is 15.5 Å². The first-order valence-corrected chi connectivity index (χ1v) is 7.06. The highest BCUT2D eigenvalue weighted by atomic mass is 35.5. The molecule has 1 aromatic rings. The molecule has 0 unspecified atom stereocenters. The van der Waals surface area contributed by atoms with Gasteiger partial charge >= 0.3 is 5.97 Å². The zero-order valence-corrected chi connectivity index (χ0v) is 11.5. The monoisotopic (exact) mass is 322 g/mol. The Morgan fingerprint density at radius 1 is 1.40 bits per heavy atom. The summed E-state index contributed by atoms with van der Waals surface area (Å²) >= 11 is 5.64. The van der Waals surface area contributed by atoms with Crippen LogP contribution in [0.1, 0.15) is 10.4 Å². The molecule has 0 aliphatic heterocycles. The van der Waals surface area contributed by atoms with Crippen molar-refractivity contribution in [1.29, 1.82) is 0 Å². The number of aliphatic carboxylic acids is 1. The second kappa shape index (κ2) is 6.18. The van der Waals surface area contributed by atoms with Crippen LogP contribution >= 0.6 is 11.6 Å². The molecule has 0 aromatic heterocycles. The Morgan fingerprint density at radius 2 is 2.00 bits per heavy atom. The lowest BCUT2D eigenvalue weighted by Gasteiger charge is -2.12. The highest BCUT2D eigenvalue weighted by molar-refractivity contribution is 7.89. The molecule has 0 heterocycles. The molecule has 0 aliphatic carbocycles. The molecular formula is C10H11ClN2O6S. The molecule has 5 N–H and O–H groups in total. The number of hydrogen-bond donors (Lipinski definition) is 4. The van der Waals surface area contributed by atoms with E-state index in [2.05, 4.69) is 0 Å². The van der Waals surface area contributed by atoms with Gasteiger partial charge in [0.1, 0.15) is 4.90 Å². The predicted octanol–water partition coefficient (Wildman–Crippen LogP) is -0.837. The summed E-state index contributed by atoms with van der Waals surface area (Å²) in [6.07, 6.45) is 0. The van der Waals surface area contributed by atoms with Crippen LogP contribution in [0.15, 0.2) is 23.1 Å². The third-order valence-electron chi connectivity index (χ3n) is 2.29. The van der Waals surface area contributed by atoms with Crippen LogP contribution in [0, 0.1) is 0 Å². The molecule has 0 spiro atoms. The standard InChI is InChI=1S/C10H11ClN2O6S/c11-6-2-1-5(3-8(6)20(12,18)19)9(15)13-7(4-14)10(16)17/h1-3,7,14H,4H2,(H,13,15)(H,16,17)(H2,12,18,19)/t7-/m0/s1. The van der Waals surface area contributed by atoms with Gasteiger partial charge in [-0.25, -0.2) is 18.4 Å². The topological polar surface area (TPSA) is 147 Å². The van der Waals surface area contributed by atoms with Crippen LogP contribution in [0.25, 0.3) is 0 Å². The van der Waals surface area contributed by atoms with Gasteiger partial charge in [-0.1, -0.05) is 11.6 Å². The van der Waals surface area contributed by atoms with Crippen LogP contribution in [-0.2, 0) is 14.8 Å². The van der Waals surface area contributed by atoms with Crippen LogP contribution < -0.4 is 10.5 Å². The molecule has 0 saturated heterocycles. The number of aliphatic hydroxyl groups excluding tert-OH is 1. The first-order chi connectivity index (χ1) is 9.16. The number of nitrogens with one attached hydrogen (secondary N) is 1. The molecule has 1 rings (SSSR count). The fourth-order valence-electron chi connectivity index (χ4n) is 1.29. The number of halogens is 1. The highest BCUT2D eigenvalue weighted by Gasteiger charge is 2.21. The first-order valence-electron chi connectivity index (χ1n) is 5.13. The summed E-state index contributed by atoms with van der Waals surface area (Å²) in [7, 11) is -4.12. The SMILES string of the molecule is NS(=O)(=O)c1cc(C(=O)N[C@@H](CO)C(=O)O)ccc1Cl. The smallest absolute Gasteiger partial charge is 0.328 e. The van der Waals surface area contributed by atoms with Gasteiger partial charge in [-0.05, 0) is 18.2 Å². The van der Waals surface area contributed by atoms with E-state index in [1.807, 2.05) is 5.32 Å². The average molecular weight is 323 g/mol. The molecule has 1 amide bonds. The Morgan fingerprint density at radius 3 is 2.45 bits per heavy atom. The van der Waals surface area contributed by atoms with Gasteiger partial charge in [0.2, 0.25) is 10.0 Å². The second-order valence-corrected chi connectivity index (χ2v) is 5.67. The van der Waals surface area contributed by atoms with E-state index in [0.29, 0.717) is 0 Å². The maximum absolute atomic E-state index is 11.7. The van der Waals surface area contributed by atoms with Crippen molar-refractivity contribution < 1.29 is 28.2 Å². The fourth-order valence-corrected chi connectivity index (χ4v) is 2.36. The number of rotatable bonds is 5. The van der Waals surface area contributed by atoms with Gasteiger partial charge in [-0.2, -0.15) is 0 Å². The number of carboxylic acid groups (broad SMARTS) is 1. The fraction of sp³-hybridized carbons (Fsp3) is 0.200. The van der Waals surface area contributed by atoms with E-state index < -0.39 is 39.4 Å². The number of nitrogens with two attached hydrogens (primary N) is 1. The van der Waals surface area contributed by atoms with Crippen molar-refractivity contribution in [3.05, 3.63) is 28.8 Å². The number of carbonyl (C=O) groups is 2. The minimum Gasteiger partial charge on any atom is -0.480 e. The van der Waals surface area contributed by atoms with Gasteiger partial charge in [0, 0.05) is 5.56 Å². The van der Waals surface area contributed by atoms with Crippen molar-refractivity contribution in [2.45, 2.75) is 10.9 Å². The van der Waals surface area contributed by atoms with E-state index in [1.54, 1.807) is 0 Å². The summed E-state index contributed by atoms with van der Waals surface area (Å²) in [5, 5.41) is 24.2. The van der Waals surface area contributed by atoms with Gasteiger partial charge in [-0.3, -0.25) is 4.79 Å². The van der Waals surface area contributed by atoms with E-state index in [1.165, 1.54) is 6.07 Å².